The Morgan fingerprint density at radius 1 is 1.08 bits per heavy atom. The second-order valence-electron chi connectivity index (χ2n) is 6.05. The lowest BCUT2D eigenvalue weighted by atomic mass is 10.0. The molecule has 0 fully saturated rings. The minimum absolute atomic E-state index is 0.155. The minimum atomic E-state index is -0.641. The summed E-state index contributed by atoms with van der Waals surface area (Å²) in [7, 11) is 0. The van der Waals surface area contributed by atoms with Gasteiger partial charge in [-0.3, -0.25) is 9.59 Å². The molecule has 132 valence electrons. The highest BCUT2D eigenvalue weighted by Crippen LogP contribution is 2.15. The highest BCUT2D eigenvalue weighted by atomic mass is 16.2. The molecule has 3 aromatic rings. The van der Waals surface area contributed by atoms with Gasteiger partial charge in [-0.15, -0.1) is 0 Å². The Bertz CT molecular complexity index is 904. The van der Waals surface area contributed by atoms with Crippen LogP contribution in [-0.2, 0) is 0 Å². The summed E-state index contributed by atoms with van der Waals surface area (Å²) in [6.07, 6.45) is 0. The predicted molar refractivity (Wildman–Crippen MR) is 99.3 cm³/mol. The van der Waals surface area contributed by atoms with E-state index in [0.29, 0.717) is 12.2 Å². The number of rotatable bonds is 6. The van der Waals surface area contributed by atoms with Crippen LogP contribution in [0.5, 0.6) is 0 Å². The normalized spacial score (nSPS) is 11.7. The molecule has 0 spiro atoms. The Morgan fingerprint density at radius 3 is 2.31 bits per heavy atom. The Hall–Kier alpha value is -3.41. The number of hydrogen-bond acceptors (Lipinski definition) is 3. The fourth-order valence-corrected chi connectivity index (χ4v) is 2.67. The third-order valence-corrected chi connectivity index (χ3v) is 4.13. The second kappa shape index (κ2) is 7.65. The monoisotopic (exact) mass is 348 g/mol. The smallest absolute Gasteiger partial charge is 0.271 e. The van der Waals surface area contributed by atoms with Crippen LogP contribution in [0.4, 0.5) is 0 Å². The van der Waals surface area contributed by atoms with Crippen LogP contribution in [0.3, 0.4) is 0 Å². The molecule has 1 atom stereocenters. The van der Waals surface area contributed by atoms with Crippen LogP contribution in [0.2, 0.25) is 0 Å². The lowest BCUT2D eigenvalue weighted by Gasteiger charge is -2.12. The van der Waals surface area contributed by atoms with Gasteiger partial charge < -0.3 is 11.1 Å². The summed E-state index contributed by atoms with van der Waals surface area (Å²) in [5, 5.41) is 7.12. The summed E-state index contributed by atoms with van der Waals surface area (Å²) in [5.74, 6) is -0.824. The van der Waals surface area contributed by atoms with E-state index in [0.717, 1.165) is 5.56 Å². The molecule has 6 nitrogen and oxygen atoms in total. The van der Waals surface area contributed by atoms with E-state index in [2.05, 4.69) is 10.4 Å². The molecule has 3 rings (SSSR count). The third kappa shape index (κ3) is 3.80. The molecule has 0 saturated heterocycles. The van der Waals surface area contributed by atoms with Gasteiger partial charge in [0.05, 0.1) is 5.69 Å². The van der Waals surface area contributed by atoms with Gasteiger partial charge in [0.1, 0.15) is 5.69 Å². The average Bonchev–Trinajstić information content (AvgIpc) is 3.13. The Kier molecular flexibility index (Phi) is 5.12. The van der Waals surface area contributed by atoms with Crippen LogP contribution in [0.25, 0.3) is 5.69 Å². The highest BCUT2D eigenvalue weighted by Gasteiger charge is 2.19. The molecular formula is C20H20N4O2. The molecule has 2 aromatic carbocycles. The van der Waals surface area contributed by atoms with Crippen molar-refractivity contribution in [3.05, 3.63) is 83.7 Å². The van der Waals surface area contributed by atoms with Crippen LogP contribution in [0.1, 0.15) is 39.4 Å². The van der Waals surface area contributed by atoms with Crippen LogP contribution < -0.4 is 11.1 Å². The molecule has 0 radical (unpaired) electrons. The van der Waals surface area contributed by atoms with Crippen molar-refractivity contribution in [2.75, 3.05) is 6.54 Å². The molecule has 0 aliphatic heterocycles. The zero-order chi connectivity index (χ0) is 18.5. The van der Waals surface area contributed by atoms with E-state index in [9.17, 15) is 9.59 Å². The first kappa shape index (κ1) is 17.4. The van der Waals surface area contributed by atoms with Gasteiger partial charge in [0.2, 0.25) is 0 Å². The van der Waals surface area contributed by atoms with Crippen molar-refractivity contribution in [3.63, 3.8) is 0 Å². The summed E-state index contributed by atoms with van der Waals surface area (Å²) < 4.78 is 1.39. The van der Waals surface area contributed by atoms with Crippen molar-refractivity contribution in [2.45, 2.75) is 12.8 Å². The van der Waals surface area contributed by atoms with Gasteiger partial charge in [0.25, 0.3) is 11.8 Å². The van der Waals surface area contributed by atoms with Gasteiger partial charge in [0.15, 0.2) is 5.69 Å². The molecular weight excluding hydrogens is 328 g/mol. The number of benzene rings is 2. The van der Waals surface area contributed by atoms with Crippen molar-refractivity contribution in [1.29, 1.82) is 0 Å². The SMILES string of the molecule is CC(CNC(=O)c1cc(C(N)=O)n(-c2ccccc2)n1)c1ccccc1. The van der Waals surface area contributed by atoms with Gasteiger partial charge in [0, 0.05) is 12.6 Å². The molecule has 1 unspecified atom stereocenters. The van der Waals surface area contributed by atoms with Gasteiger partial charge in [-0.1, -0.05) is 55.5 Å². The molecule has 0 aliphatic rings. The molecule has 2 amide bonds. The first-order valence-corrected chi connectivity index (χ1v) is 8.34. The van der Waals surface area contributed by atoms with E-state index in [1.54, 1.807) is 12.1 Å². The Morgan fingerprint density at radius 2 is 1.69 bits per heavy atom. The summed E-state index contributed by atoms with van der Waals surface area (Å²) in [6, 6.07) is 20.4. The van der Waals surface area contributed by atoms with Crippen molar-refractivity contribution >= 4 is 11.8 Å². The molecule has 3 N–H and O–H groups in total. The number of primary amides is 1. The van der Waals surface area contributed by atoms with E-state index < -0.39 is 5.91 Å². The maximum atomic E-state index is 12.5. The number of aromatic nitrogens is 2. The molecule has 6 heteroatoms. The summed E-state index contributed by atoms with van der Waals surface area (Å²) in [4.78, 5) is 24.2. The van der Waals surface area contributed by atoms with E-state index >= 15 is 0 Å². The molecule has 0 bridgehead atoms. The van der Waals surface area contributed by atoms with E-state index in [4.69, 9.17) is 5.73 Å². The maximum absolute atomic E-state index is 12.5. The number of amides is 2. The zero-order valence-corrected chi connectivity index (χ0v) is 14.4. The van der Waals surface area contributed by atoms with Gasteiger partial charge in [-0.2, -0.15) is 5.10 Å². The molecule has 1 heterocycles. The zero-order valence-electron chi connectivity index (χ0n) is 14.4. The first-order valence-electron chi connectivity index (χ1n) is 8.34. The van der Waals surface area contributed by atoms with Crippen molar-refractivity contribution < 1.29 is 9.59 Å². The summed E-state index contributed by atoms with van der Waals surface area (Å²) >= 11 is 0. The van der Waals surface area contributed by atoms with Crippen molar-refractivity contribution in [1.82, 2.24) is 15.1 Å². The van der Waals surface area contributed by atoms with E-state index in [-0.39, 0.29) is 23.2 Å². The Labute approximate surface area is 151 Å². The first-order chi connectivity index (χ1) is 12.6. The Balaban J connectivity index is 1.77. The molecule has 0 aliphatic carbocycles. The predicted octanol–water partition coefficient (Wildman–Crippen LogP) is 2.50. The van der Waals surface area contributed by atoms with E-state index in [1.165, 1.54) is 10.7 Å². The van der Waals surface area contributed by atoms with Gasteiger partial charge >= 0.3 is 0 Å². The molecule has 1 aromatic heterocycles. The number of para-hydroxylation sites is 1. The third-order valence-electron chi connectivity index (χ3n) is 4.13. The van der Waals surface area contributed by atoms with Crippen LogP contribution >= 0.6 is 0 Å². The number of nitrogens with two attached hydrogens (primary N) is 1. The fraction of sp³-hybridized carbons (Fsp3) is 0.150. The van der Waals surface area contributed by atoms with Crippen LogP contribution in [-0.4, -0.2) is 28.1 Å². The van der Waals surface area contributed by atoms with Gasteiger partial charge in [-0.25, -0.2) is 4.68 Å². The maximum Gasteiger partial charge on any atom is 0.271 e. The van der Waals surface area contributed by atoms with Crippen LogP contribution in [0, 0.1) is 0 Å². The number of carbonyl (C=O) groups excluding carboxylic acids is 2. The van der Waals surface area contributed by atoms with Crippen molar-refractivity contribution in [2.24, 2.45) is 5.73 Å². The molecule has 0 saturated carbocycles. The van der Waals surface area contributed by atoms with Crippen molar-refractivity contribution in [3.8, 4) is 5.69 Å². The van der Waals surface area contributed by atoms with Gasteiger partial charge in [-0.05, 0) is 23.6 Å². The number of carbonyl (C=O) groups is 2. The van der Waals surface area contributed by atoms with Crippen LogP contribution in [0.15, 0.2) is 66.7 Å². The fourth-order valence-electron chi connectivity index (χ4n) is 2.67. The summed E-state index contributed by atoms with van der Waals surface area (Å²) in [5.41, 5.74) is 7.56. The lowest BCUT2D eigenvalue weighted by molar-refractivity contribution is 0.0945. The number of nitrogens with zero attached hydrogens (tertiary/aromatic N) is 2. The average molecular weight is 348 g/mol. The lowest BCUT2D eigenvalue weighted by Crippen LogP contribution is -2.28. The number of hydrogen-bond donors (Lipinski definition) is 2. The number of nitrogens with one attached hydrogen (secondary N) is 1. The quantitative estimate of drug-likeness (QED) is 0.717. The standard InChI is InChI=1S/C20H20N4O2/c1-14(15-8-4-2-5-9-15)13-22-20(26)17-12-18(19(21)25)24(23-17)16-10-6-3-7-11-16/h2-12,14H,13H2,1H3,(H2,21,25)(H,22,26). The minimum Gasteiger partial charge on any atom is -0.364 e. The largest absolute Gasteiger partial charge is 0.364 e. The van der Waals surface area contributed by atoms with E-state index in [1.807, 2.05) is 55.5 Å². The summed E-state index contributed by atoms with van der Waals surface area (Å²) in [6.45, 7) is 2.50. The molecule has 26 heavy (non-hydrogen) atoms. The second-order valence-corrected chi connectivity index (χ2v) is 6.05. The topological polar surface area (TPSA) is 90.0 Å². The highest BCUT2D eigenvalue weighted by molar-refractivity contribution is 5.97.